The van der Waals surface area contributed by atoms with E-state index in [0.717, 1.165) is 0 Å². The minimum atomic E-state index is -0.682. The normalized spacial score (nSPS) is 20.6. The van der Waals surface area contributed by atoms with Crippen LogP contribution in [0.4, 0.5) is 0 Å². The largest absolute Gasteiger partial charge is 0.407 e. The van der Waals surface area contributed by atoms with E-state index < -0.39 is 11.9 Å². The van der Waals surface area contributed by atoms with Crippen LogP contribution in [0.3, 0.4) is 0 Å². The Morgan fingerprint density at radius 3 is 3.07 bits per heavy atom. The van der Waals surface area contributed by atoms with Crippen molar-refractivity contribution in [3.8, 4) is 5.88 Å². The molecule has 74 valence electrons. The number of aromatic amines is 1. The summed E-state index contributed by atoms with van der Waals surface area (Å²) in [4.78, 5) is 22.5. The number of hydrogen-bond donors (Lipinski definition) is 2. The predicted molar refractivity (Wildman–Crippen MR) is 45.3 cm³/mol. The molecule has 1 aliphatic heterocycles. The summed E-state index contributed by atoms with van der Waals surface area (Å²) in [5.41, 5.74) is 0. The van der Waals surface area contributed by atoms with Crippen LogP contribution in [0, 0.1) is 5.92 Å². The molecular weight excluding hydrogens is 186 g/mol. The Hall–Kier alpha value is -1.85. The van der Waals surface area contributed by atoms with E-state index in [1.165, 1.54) is 12.3 Å². The summed E-state index contributed by atoms with van der Waals surface area (Å²) in [6.45, 7) is 0.529. The molecule has 0 spiro atoms. The smallest absolute Gasteiger partial charge is 0.325 e. The van der Waals surface area contributed by atoms with E-state index in [9.17, 15) is 9.59 Å². The highest BCUT2D eigenvalue weighted by Crippen LogP contribution is 2.13. The molecule has 0 aliphatic carbocycles. The van der Waals surface area contributed by atoms with Gasteiger partial charge in [-0.1, -0.05) is 0 Å². The number of ether oxygens (including phenoxy) is 1. The molecule has 1 unspecified atom stereocenters. The van der Waals surface area contributed by atoms with Crippen LogP contribution in [0.5, 0.6) is 5.88 Å². The number of carbonyl (C=O) groups is 2. The maximum atomic E-state index is 11.4. The Morgan fingerprint density at radius 2 is 2.50 bits per heavy atom. The fourth-order valence-electron chi connectivity index (χ4n) is 1.30. The molecule has 1 fully saturated rings. The summed E-state index contributed by atoms with van der Waals surface area (Å²) in [6, 6.07) is 1.52. The van der Waals surface area contributed by atoms with Crippen LogP contribution in [0.15, 0.2) is 12.3 Å². The quantitative estimate of drug-likeness (QED) is 0.490. The van der Waals surface area contributed by atoms with Crippen molar-refractivity contribution in [2.24, 2.45) is 5.92 Å². The van der Waals surface area contributed by atoms with Crippen LogP contribution in [-0.2, 0) is 9.59 Å². The van der Waals surface area contributed by atoms with Crippen LogP contribution in [0.2, 0.25) is 0 Å². The van der Waals surface area contributed by atoms with Gasteiger partial charge in [-0.05, 0) is 6.42 Å². The van der Waals surface area contributed by atoms with E-state index in [1.54, 1.807) is 0 Å². The van der Waals surface area contributed by atoms with Crippen LogP contribution < -0.4 is 10.1 Å². The third-order valence-electron chi connectivity index (χ3n) is 2.02. The van der Waals surface area contributed by atoms with E-state index in [0.29, 0.717) is 13.0 Å². The number of aromatic nitrogens is 2. The zero-order chi connectivity index (χ0) is 9.97. The van der Waals surface area contributed by atoms with E-state index in [-0.39, 0.29) is 11.8 Å². The Labute approximate surface area is 79.6 Å². The fraction of sp³-hybridized carbons (Fsp3) is 0.375. The van der Waals surface area contributed by atoms with Crippen LogP contribution in [0.25, 0.3) is 0 Å². The van der Waals surface area contributed by atoms with Gasteiger partial charge in [-0.2, -0.15) is 5.10 Å². The maximum Gasteiger partial charge on any atom is 0.325 e. The number of H-pyrrole nitrogens is 1. The van der Waals surface area contributed by atoms with Gasteiger partial charge < -0.3 is 10.1 Å². The molecule has 1 amide bonds. The average Bonchev–Trinajstić information content (AvgIpc) is 2.75. The van der Waals surface area contributed by atoms with Crippen molar-refractivity contribution in [2.75, 3.05) is 6.54 Å². The van der Waals surface area contributed by atoms with Gasteiger partial charge in [0.1, 0.15) is 5.92 Å². The summed E-state index contributed by atoms with van der Waals surface area (Å²) in [5, 5.41) is 8.66. The summed E-state index contributed by atoms with van der Waals surface area (Å²) in [7, 11) is 0. The first kappa shape index (κ1) is 8.74. The van der Waals surface area contributed by atoms with Gasteiger partial charge in [0.25, 0.3) is 0 Å². The van der Waals surface area contributed by atoms with Crippen molar-refractivity contribution in [1.29, 1.82) is 0 Å². The number of nitrogens with zero attached hydrogens (tertiary/aromatic N) is 1. The van der Waals surface area contributed by atoms with Crippen LogP contribution >= 0.6 is 0 Å². The van der Waals surface area contributed by atoms with Gasteiger partial charge in [0.05, 0.1) is 6.20 Å². The van der Waals surface area contributed by atoms with Gasteiger partial charge >= 0.3 is 5.97 Å². The Bertz CT molecular complexity index is 347. The Morgan fingerprint density at radius 1 is 1.64 bits per heavy atom. The van der Waals surface area contributed by atoms with E-state index >= 15 is 0 Å². The summed E-state index contributed by atoms with van der Waals surface area (Å²) >= 11 is 0. The highest BCUT2D eigenvalue weighted by molar-refractivity contribution is 5.99. The van der Waals surface area contributed by atoms with Gasteiger partial charge in [-0.3, -0.25) is 9.59 Å². The van der Waals surface area contributed by atoms with Gasteiger partial charge in [-0.15, -0.1) is 0 Å². The highest BCUT2D eigenvalue weighted by Gasteiger charge is 2.32. The minimum Gasteiger partial charge on any atom is -0.407 e. The zero-order valence-electron chi connectivity index (χ0n) is 7.32. The first-order valence-corrected chi connectivity index (χ1v) is 4.26. The van der Waals surface area contributed by atoms with Crippen LogP contribution in [0.1, 0.15) is 6.42 Å². The Balaban J connectivity index is 1.99. The lowest BCUT2D eigenvalue weighted by Crippen LogP contribution is -2.28. The molecule has 1 atom stereocenters. The third-order valence-corrected chi connectivity index (χ3v) is 2.02. The highest BCUT2D eigenvalue weighted by atomic mass is 16.5. The van der Waals surface area contributed by atoms with Crippen molar-refractivity contribution < 1.29 is 14.3 Å². The zero-order valence-corrected chi connectivity index (χ0v) is 7.32. The molecule has 0 bridgehead atoms. The van der Waals surface area contributed by atoms with Crippen molar-refractivity contribution in [3.63, 3.8) is 0 Å². The van der Waals surface area contributed by atoms with Gasteiger partial charge in [-0.25, -0.2) is 5.10 Å². The third kappa shape index (κ3) is 1.59. The lowest BCUT2D eigenvalue weighted by Gasteiger charge is -2.04. The number of rotatable bonds is 2. The molecule has 1 aromatic rings. The lowest BCUT2D eigenvalue weighted by molar-refractivity contribution is -0.143. The molecular formula is C8H9N3O3. The number of amides is 1. The minimum absolute atomic E-state index is 0.259. The summed E-state index contributed by atoms with van der Waals surface area (Å²) in [6.07, 6.45) is 1.96. The van der Waals surface area contributed by atoms with Gasteiger partial charge in [0.15, 0.2) is 0 Å². The molecule has 6 nitrogen and oxygen atoms in total. The average molecular weight is 195 g/mol. The van der Waals surface area contributed by atoms with E-state index in [2.05, 4.69) is 15.5 Å². The second-order valence-electron chi connectivity index (χ2n) is 2.97. The molecule has 0 aromatic carbocycles. The molecule has 6 heteroatoms. The molecule has 1 aromatic heterocycles. The molecule has 0 radical (unpaired) electrons. The summed E-state index contributed by atoms with van der Waals surface area (Å²) in [5.74, 6) is -1.23. The van der Waals surface area contributed by atoms with Gasteiger partial charge in [0.2, 0.25) is 11.8 Å². The number of esters is 1. The molecule has 2 heterocycles. The van der Waals surface area contributed by atoms with E-state index in [1.807, 2.05) is 0 Å². The van der Waals surface area contributed by atoms with Gasteiger partial charge in [0, 0.05) is 12.6 Å². The summed E-state index contributed by atoms with van der Waals surface area (Å²) < 4.78 is 4.89. The first-order valence-electron chi connectivity index (χ1n) is 4.26. The molecule has 2 rings (SSSR count). The Kier molecular flexibility index (Phi) is 2.18. The number of carbonyl (C=O) groups excluding carboxylic acids is 2. The number of hydrogen-bond acceptors (Lipinski definition) is 4. The van der Waals surface area contributed by atoms with Crippen molar-refractivity contribution in [3.05, 3.63) is 12.3 Å². The standard InChI is InChI=1S/C8H9N3O3/c12-7-5(1-3-9-7)8(13)14-6-2-4-10-11-6/h2,4-5H,1,3H2,(H,9,12)(H,10,11). The lowest BCUT2D eigenvalue weighted by atomic mass is 10.1. The second kappa shape index (κ2) is 3.49. The molecule has 1 saturated heterocycles. The SMILES string of the molecule is O=C1NCCC1C(=O)Oc1ccn[nH]1. The molecule has 1 aliphatic rings. The second-order valence-corrected chi connectivity index (χ2v) is 2.97. The van der Waals surface area contributed by atoms with Crippen molar-refractivity contribution >= 4 is 11.9 Å². The monoisotopic (exact) mass is 195 g/mol. The van der Waals surface area contributed by atoms with Crippen molar-refractivity contribution in [1.82, 2.24) is 15.5 Å². The van der Waals surface area contributed by atoms with Crippen molar-refractivity contribution in [2.45, 2.75) is 6.42 Å². The maximum absolute atomic E-state index is 11.4. The molecule has 0 saturated carbocycles. The molecule has 14 heavy (non-hydrogen) atoms. The molecule has 2 N–H and O–H groups in total. The van der Waals surface area contributed by atoms with Crippen LogP contribution in [-0.4, -0.2) is 28.6 Å². The topological polar surface area (TPSA) is 84.1 Å². The fourth-order valence-corrected chi connectivity index (χ4v) is 1.30. The first-order chi connectivity index (χ1) is 6.77. The number of nitrogens with one attached hydrogen (secondary N) is 2. The predicted octanol–water partition coefficient (Wildman–Crippen LogP) is -0.549. The van der Waals surface area contributed by atoms with E-state index in [4.69, 9.17) is 4.74 Å².